The SMILES string of the molecule is OC(CNC1CCN(Cc2ccc(Cl)cc2)CC1)c1ccccc1. The van der Waals surface area contributed by atoms with Crippen molar-refractivity contribution in [3.63, 3.8) is 0 Å². The number of aliphatic hydroxyl groups is 1. The van der Waals surface area contributed by atoms with Crippen LogP contribution in [0.15, 0.2) is 54.6 Å². The topological polar surface area (TPSA) is 35.5 Å². The van der Waals surface area contributed by atoms with Gasteiger partial charge in [0, 0.05) is 24.2 Å². The first-order valence-electron chi connectivity index (χ1n) is 8.64. The van der Waals surface area contributed by atoms with Gasteiger partial charge in [-0.15, -0.1) is 0 Å². The Bertz CT molecular complexity index is 609. The zero-order valence-corrected chi connectivity index (χ0v) is 14.6. The number of likely N-dealkylation sites (tertiary alicyclic amines) is 1. The highest BCUT2D eigenvalue weighted by Crippen LogP contribution is 2.17. The van der Waals surface area contributed by atoms with Crippen molar-refractivity contribution in [2.75, 3.05) is 19.6 Å². The normalized spacial score (nSPS) is 17.8. The van der Waals surface area contributed by atoms with E-state index in [9.17, 15) is 5.11 Å². The highest BCUT2D eigenvalue weighted by atomic mass is 35.5. The van der Waals surface area contributed by atoms with Crippen molar-refractivity contribution in [2.45, 2.75) is 31.5 Å². The van der Waals surface area contributed by atoms with Crippen molar-refractivity contribution in [1.82, 2.24) is 10.2 Å². The Morgan fingerprint density at radius 3 is 2.38 bits per heavy atom. The molecule has 1 aliphatic heterocycles. The molecule has 0 aromatic heterocycles. The molecule has 1 aliphatic rings. The van der Waals surface area contributed by atoms with Crippen LogP contribution in [0, 0.1) is 0 Å². The number of piperidine rings is 1. The highest BCUT2D eigenvalue weighted by molar-refractivity contribution is 6.30. The zero-order valence-electron chi connectivity index (χ0n) is 13.9. The number of aliphatic hydroxyl groups excluding tert-OH is 1. The van der Waals surface area contributed by atoms with Gasteiger partial charge in [-0.1, -0.05) is 54.1 Å². The summed E-state index contributed by atoms with van der Waals surface area (Å²) in [6, 6.07) is 18.5. The van der Waals surface area contributed by atoms with Crippen LogP contribution in [0.2, 0.25) is 5.02 Å². The summed E-state index contributed by atoms with van der Waals surface area (Å²) in [5.74, 6) is 0. The lowest BCUT2D eigenvalue weighted by Crippen LogP contribution is -2.43. The molecule has 128 valence electrons. The quantitative estimate of drug-likeness (QED) is 0.840. The third kappa shape index (κ3) is 5.05. The Labute approximate surface area is 149 Å². The summed E-state index contributed by atoms with van der Waals surface area (Å²) in [4.78, 5) is 2.48. The van der Waals surface area contributed by atoms with E-state index >= 15 is 0 Å². The molecule has 1 atom stereocenters. The maximum Gasteiger partial charge on any atom is 0.0914 e. The average Bonchev–Trinajstić information content (AvgIpc) is 2.63. The third-order valence-electron chi connectivity index (χ3n) is 4.69. The number of rotatable bonds is 6. The molecule has 0 amide bonds. The summed E-state index contributed by atoms with van der Waals surface area (Å²) >= 11 is 5.94. The fourth-order valence-electron chi connectivity index (χ4n) is 3.21. The molecule has 1 fully saturated rings. The van der Waals surface area contributed by atoms with Crippen LogP contribution in [-0.4, -0.2) is 35.7 Å². The molecule has 1 saturated heterocycles. The fraction of sp³-hybridized carbons (Fsp3) is 0.400. The van der Waals surface area contributed by atoms with E-state index in [2.05, 4.69) is 22.3 Å². The number of hydrogen-bond acceptors (Lipinski definition) is 3. The second-order valence-electron chi connectivity index (χ2n) is 6.51. The van der Waals surface area contributed by atoms with Gasteiger partial charge in [-0.05, 0) is 49.2 Å². The number of hydrogen-bond donors (Lipinski definition) is 2. The van der Waals surface area contributed by atoms with Crippen LogP contribution >= 0.6 is 11.6 Å². The smallest absolute Gasteiger partial charge is 0.0914 e. The van der Waals surface area contributed by atoms with Crippen LogP contribution in [0.5, 0.6) is 0 Å². The molecule has 0 saturated carbocycles. The van der Waals surface area contributed by atoms with Gasteiger partial charge in [-0.2, -0.15) is 0 Å². The van der Waals surface area contributed by atoms with Gasteiger partial charge in [0.05, 0.1) is 6.10 Å². The molecule has 0 aliphatic carbocycles. The van der Waals surface area contributed by atoms with Gasteiger partial charge in [0.15, 0.2) is 0 Å². The minimum atomic E-state index is -0.432. The molecular formula is C20H25ClN2O. The van der Waals surface area contributed by atoms with E-state index in [4.69, 9.17) is 11.6 Å². The Hall–Kier alpha value is -1.39. The molecule has 1 unspecified atom stereocenters. The fourth-order valence-corrected chi connectivity index (χ4v) is 3.34. The van der Waals surface area contributed by atoms with E-state index in [1.54, 1.807) is 0 Å². The monoisotopic (exact) mass is 344 g/mol. The van der Waals surface area contributed by atoms with Crippen molar-refractivity contribution in [2.24, 2.45) is 0 Å². The lowest BCUT2D eigenvalue weighted by atomic mass is 10.0. The Balaban J connectivity index is 1.40. The Morgan fingerprint density at radius 2 is 1.71 bits per heavy atom. The first-order valence-corrected chi connectivity index (χ1v) is 9.02. The largest absolute Gasteiger partial charge is 0.387 e. The summed E-state index contributed by atoms with van der Waals surface area (Å²) in [6.07, 6.45) is 1.81. The van der Waals surface area contributed by atoms with Crippen LogP contribution in [0.3, 0.4) is 0 Å². The molecule has 0 bridgehead atoms. The molecule has 2 N–H and O–H groups in total. The molecule has 0 spiro atoms. The maximum atomic E-state index is 10.2. The highest BCUT2D eigenvalue weighted by Gasteiger charge is 2.19. The Morgan fingerprint density at radius 1 is 1.04 bits per heavy atom. The zero-order chi connectivity index (χ0) is 16.8. The molecule has 2 aromatic rings. The minimum Gasteiger partial charge on any atom is -0.387 e. The molecule has 0 radical (unpaired) electrons. The van der Waals surface area contributed by atoms with E-state index in [1.165, 1.54) is 5.56 Å². The molecule has 4 heteroatoms. The van der Waals surface area contributed by atoms with Crippen LogP contribution in [0.1, 0.15) is 30.1 Å². The summed E-state index contributed by atoms with van der Waals surface area (Å²) in [5, 5.41) is 14.5. The van der Waals surface area contributed by atoms with Crippen molar-refractivity contribution >= 4 is 11.6 Å². The number of nitrogens with zero attached hydrogens (tertiary/aromatic N) is 1. The van der Waals surface area contributed by atoms with Gasteiger partial charge in [-0.3, -0.25) is 4.90 Å². The van der Waals surface area contributed by atoms with Crippen LogP contribution < -0.4 is 5.32 Å². The molecular weight excluding hydrogens is 320 g/mol. The van der Waals surface area contributed by atoms with Crippen LogP contribution in [-0.2, 0) is 6.54 Å². The van der Waals surface area contributed by atoms with E-state index in [-0.39, 0.29) is 0 Å². The summed E-state index contributed by atoms with van der Waals surface area (Å²) in [6.45, 7) is 3.77. The lowest BCUT2D eigenvalue weighted by Gasteiger charge is -2.33. The van der Waals surface area contributed by atoms with Gasteiger partial charge in [0.1, 0.15) is 0 Å². The number of halogens is 1. The van der Waals surface area contributed by atoms with Crippen LogP contribution in [0.25, 0.3) is 0 Å². The van der Waals surface area contributed by atoms with Crippen molar-refractivity contribution in [1.29, 1.82) is 0 Å². The maximum absolute atomic E-state index is 10.2. The predicted octanol–water partition coefficient (Wildman–Crippen LogP) is 3.63. The lowest BCUT2D eigenvalue weighted by molar-refractivity contribution is 0.149. The van der Waals surface area contributed by atoms with Crippen molar-refractivity contribution < 1.29 is 5.11 Å². The van der Waals surface area contributed by atoms with E-state index < -0.39 is 6.10 Å². The molecule has 3 nitrogen and oxygen atoms in total. The van der Waals surface area contributed by atoms with Crippen molar-refractivity contribution in [3.05, 3.63) is 70.7 Å². The predicted molar refractivity (Wildman–Crippen MR) is 99.2 cm³/mol. The first kappa shape index (κ1) is 17.4. The summed E-state index contributed by atoms with van der Waals surface area (Å²) in [7, 11) is 0. The molecule has 3 rings (SSSR count). The second-order valence-corrected chi connectivity index (χ2v) is 6.95. The average molecular weight is 345 g/mol. The third-order valence-corrected chi connectivity index (χ3v) is 4.94. The van der Waals surface area contributed by atoms with E-state index in [0.29, 0.717) is 12.6 Å². The van der Waals surface area contributed by atoms with Crippen LogP contribution in [0.4, 0.5) is 0 Å². The molecule has 1 heterocycles. The Kier molecular flexibility index (Phi) is 6.27. The van der Waals surface area contributed by atoms with Crippen molar-refractivity contribution in [3.8, 4) is 0 Å². The first-order chi connectivity index (χ1) is 11.7. The van der Waals surface area contributed by atoms with E-state index in [1.807, 2.05) is 42.5 Å². The summed E-state index contributed by atoms with van der Waals surface area (Å²) in [5.41, 5.74) is 2.29. The molecule has 2 aromatic carbocycles. The number of nitrogens with one attached hydrogen (secondary N) is 1. The summed E-state index contributed by atoms with van der Waals surface area (Å²) < 4.78 is 0. The van der Waals surface area contributed by atoms with Gasteiger partial charge in [0.2, 0.25) is 0 Å². The molecule has 24 heavy (non-hydrogen) atoms. The van der Waals surface area contributed by atoms with Gasteiger partial charge in [-0.25, -0.2) is 0 Å². The minimum absolute atomic E-state index is 0.432. The van der Waals surface area contributed by atoms with Gasteiger partial charge >= 0.3 is 0 Å². The number of benzene rings is 2. The van der Waals surface area contributed by atoms with E-state index in [0.717, 1.165) is 43.1 Å². The second kappa shape index (κ2) is 8.63. The standard InChI is InChI=1S/C20H25ClN2O/c21-18-8-6-16(7-9-18)15-23-12-10-19(11-13-23)22-14-20(24)17-4-2-1-3-5-17/h1-9,19-20,22,24H,10-15H2. The van der Waals surface area contributed by atoms with Gasteiger partial charge < -0.3 is 10.4 Å². The van der Waals surface area contributed by atoms with Gasteiger partial charge in [0.25, 0.3) is 0 Å².